The second-order valence-electron chi connectivity index (χ2n) is 5.93. The van der Waals surface area contributed by atoms with Crippen LogP contribution in [0.2, 0.25) is 0 Å². The molecule has 1 atom stereocenters. The first-order chi connectivity index (χ1) is 11.5. The van der Waals surface area contributed by atoms with Crippen molar-refractivity contribution in [3.8, 4) is 5.75 Å². The highest BCUT2D eigenvalue weighted by Gasteiger charge is 2.31. The quantitative estimate of drug-likeness (QED) is 0.773. The smallest absolute Gasteiger partial charge is 0.406 e. The fourth-order valence-corrected chi connectivity index (χ4v) is 1.88. The molecule has 0 aromatic heterocycles. The van der Waals surface area contributed by atoms with E-state index in [-0.39, 0.29) is 30.7 Å². The van der Waals surface area contributed by atoms with Crippen molar-refractivity contribution in [3.63, 3.8) is 0 Å². The zero-order valence-corrected chi connectivity index (χ0v) is 14.3. The average molecular weight is 361 g/mol. The molecule has 0 aliphatic heterocycles. The maximum Gasteiger partial charge on any atom is 0.573 e. The third-order valence-corrected chi connectivity index (χ3v) is 3.44. The number of rotatable bonds is 7. The van der Waals surface area contributed by atoms with Gasteiger partial charge in [-0.2, -0.15) is 0 Å². The Kier molecular flexibility index (Phi) is 7.22. The van der Waals surface area contributed by atoms with Gasteiger partial charge in [0.2, 0.25) is 11.8 Å². The number of nitrogens with one attached hydrogen (secondary N) is 1. The SMILES string of the molecule is CC(C)[C@H](N)C(=O)NCC(=O)N(C)Cc1ccc(OC(F)(F)F)cc1. The third kappa shape index (κ3) is 7.42. The summed E-state index contributed by atoms with van der Waals surface area (Å²) in [5.74, 6) is -1.14. The number of alkyl halides is 3. The molecule has 3 N–H and O–H groups in total. The lowest BCUT2D eigenvalue weighted by atomic mass is 10.1. The van der Waals surface area contributed by atoms with Crippen molar-refractivity contribution < 1.29 is 27.5 Å². The lowest BCUT2D eigenvalue weighted by molar-refractivity contribution is -0.274. The number of hydrogen-bond acceptors (Lipinski definition) is 4. The van der Waals surface area contributed by atoms with E-state index in [9.17, 15) is 22.8 Å². The van der Waals surface area contributed by atoms with Gasteiger partial charge in [-0.1, -0.05) is 26.0 Å². The number of halogens is 3. The predicted octanol–water partition coefficient (Wildman–Crippen LogP) is 1.64. The lowest BCUT2D eigenvalue weighted by Gasteiger charge is -2.19. The topological polar surface area (TPSA) is 84.7 Å². The molecule has 0 aliphatic rings. The predicted molar refractivity (Wildman–Crippen MR) is 85.4 cm³/mol. The molecular weight excluding hydrogens is 339 g/mol. The number of carbonyl (C=O) groups excluding carboxylic acids is 2. The molecule has 1 aromatic rings. The minimum atomic E-state index is -4.75. The molecule has 6 nitrogen and oxygen atoms in total. The fraction of sp³-hybridized carbons (Fsp3) is 0.500. The molecule has 1 rings (SSSR count). The van der Waals surface area contributed by atoms with Gasteiger partial charge < -0.3 is 20.7 Å². The Bertz CT molecular complexity index is 589. The summed E-state index contributed by atoms with van der Waals surface area (Å²) in [6.45, 7) is 3.57. The lowest BCUT2D eigenvalue weighted by Crippen LogP contribution is -2.47. The highest BCUT2D eigenvalue weighted by Crippen LogP contribution is 2.22. The van der Waals surface area contributed by atoms with E-state index in [1.165, 1.54) is 36.2 Å². The largest absolute Gasteiger partial charge is 0.573 e. The van der Waals surface area contributed by atoms with Gasteiger partial charge in [-0.05, 0) is 23.6 Å². The Labute approximate surface area is 144 Å². The van der Waals surface area contributed by atoms with Crippen molar-refractivity contribution in [1.29, 1.82) is 0 Å². The fourth-order valence-electron chi connectivity index (χ4n) is 1.88. The van der Waals surface area contributed by atoms with Gasteiger partial charge >= 0.3 is 6.36 Å². The first kappa shape index (κ1) is 20.8. The first-order valence-electron chi connectivity index (χ1n) is 7.61. The van der Waals surface area contributed by atoms with Crippen molar-refractivity contribution in [2.75, 3.05) is 13.6 Å². The molecule has 0 saturated heterocycles. The Hall–Kier alpha value is -2.29. The molecule has 140 valence electrons. The summed E-state index contributed by atoms with van der Waals surface area (Å²) in [7, 11) is 1.52. The number of carbonyl (C=O) groups is 2. The molecule has 1 aromatic carbocycles. The summed E-state index contributed by atoms with van der Waals surface area (Å²) >= 11 is 0. The summed E-state index contributed by atoms with van der Waals surface area (Å²) in [5.41, 5.74) is 6.30. The average Bonchev–Trinajstić information content (AvgIpc) is 2.51. The van der Waals surface area contributed by atoms with Crippen LogP contribution in [0, 0.1) is 5.92 Å². The van der Waals surface area contributed by atoms with Gasteiger partial charge in [-0.3, -0.25) is 9.59 Å². The van der Waals surface area contributed by atoms with Crippen LogP contribution in [0.3, 0.4) is 0 Å². The van der Waals surface area contributed by atoms with Crippen LogP contribution in [0.4, 0.5) is 13.2 Å². The van der Waals surface area contributed by atoms with Gasteiger partial charge in [-0.15, -0.1) is 13.2 Å². The minimum Gasteiger partial charge on any atom is -0.406 e. The van der Waals surface area contributed by atoms with Crippen LogP contribution in [0.1, 0.15) is 19.4 Å². The molecule has 0 saturated carbocycles. The number of hydrogen-bond donors (Lipinski definition) is 2. The van der Waals surface area contributed by atoms with Crippen LogP contribution in [0.15, 0.2) is 24.3 Å². The van der Waals surface area contributed by atoms with E-state index in [2.05, 4.69) is 10.1 Å². The molecule has 0 fully saturated rings. The van der Waals surface area contributed by atoms with Crippen molar-refractivity contribution in [2.45, 2.75) is 32.8 Å². The van der Waals surface area contributed by atoms with E-state index in [4.69, 9.17) is 5.73 Å². The second-order valence-corrected chi connectivity index (χ2v) is 5.93. The van der Waals surface area contributed by atoms with E-state index in [1.807, 2.05) is 0 Å². The molecule has 25 heavy (non-hydrogen) atoms. The van der Waals surface area contributed by atoms with E-state index in [0.29, 0.717) is 5.56 Å². The zero-order chi connectivity index (χ0) is 19.2. The Balaban J connectivity index is 2.51. The second kappa shape index (κ2) is 8.70. The van der Waals surface area contributed by atoms with Crippen LogP contribution in [-0.2, 0) is 16.1 Å². The number of likely N-dealkylation sites (N-methyl/N-ethyl adjacent to an activating group) is 1. The number of nitrogens with two attached hydrogens (primary N) is 1. The van der Waals surface area contributed by atoms with Gasteiger partial charge in [0.05, 0.1) is 12.6 Å². The van der Waals surface area contributed by atoms with Crippen molar-refractivity contribution >= 4 is 11.8 Å². The van der Waals surface area contributed by atoms with Crippen LogP contribution >= 0.6 is 0 Å². The molecule has 2 amide bonds. The highest BCUT2D eigenvalue weighted by atomic mass is 19.4. The van der Waals surface area contributed by atoms with Crippen molar-refractivity contribution in [2.24, 2.45) is 11.7 Å². The summed E-state index contributed by atoms with van der Waals surface area (Å²) in [4.78, 5) is 25.1. The molecule has 9 heteroatoms. The van der Waals surface area contributed by atoms with Crippen molar-refractivity contribution in [1.82, 2.24) is 10.2 Å². The molecule has 0 aliphatic carbocycles. The molecule has 0 spiro atoms. The monoisotopic (exact) mass is 361 g/mol. The summed E-state index contributed by atoms with van der Waals surface area (Å²) < 4.78 is 40.1. The van der Waals surface area contributed by atoms with Crippen LogP contribution in [0.5, 0.6) is 5.75 Å². The maximum atomic E-state index is 12.1. The van der Waals surface area contributed by atoms with Crippen LogP contribution in [0.25, 0.3) is 0 Å². The first-order valence-corrected chi connectivity index (χ1v) is 7.61. The third-order valence-electron chi connectivity index (χ3n) is 3.44. The summed E-state index contributed by atoms with van der Waals surface area (Å²) in [6, 6.07) is 4.50. The van der Waals surface area contributed by atoms with Crippen LogP contribution in [-0.4, -0.2) is 42.7 Å². The van der Waals surface area contributed by atoms with Gasteiger partial charge in [0.15, 0.2) is 0 Å². The molecule has 0 radical (unpaired) electrons. The van der Waals surface area contributed by atoms with E-state index >= 15 is 0 Å². The molecular formula is C16H22F3N3O3. The number of nitrogens with zero attached hydrogens (tertiary/aromatic N) is 1. The van der Waals surface area contributed by atoms with E-state index in [1.54, 1.807) is 13.8 Å². The van der Waals surface area contributed by atoms with Gasteiger partial charge in [0, 0.05) is 13.6 Å². The molecule has 0 heterocycles. The maximum absolute atomic E-state index is 12.1. The Morgan fingerprint density at radius 3 is 2.28 bits per heavy atom. The number of amides is 2. The number of ether oxygens (including phenoxy) is 1. The van der Waals surface area contributed by atoms with Crippen LogP contribution < -0.4 is 15.8 Å². The van der Waals surface area contributed by atoms with E-state index < -0.39 is 18.3 Å². The van der Waals surface area contributed by atoms with E-state index in [0.717, 1.165) is 0 Å². The van der Waals surface area contributed by atoms with Crippen molar-refractivity contribution in [3.05, 3.63) is 29.8 Å². The molecule has 0 unspecified atom stereocenters. The normalized spacial score (nSPS) is 12.6. The standard InChI is InChI=1S/C16H22F3N3O3/c1-10(2)14(20)15(24)21-8-13(23)22(3)9-11-4-6-12(7-5-11)25-16(17,18)19/h4-7,10,14H,8-9,20H2,1-3H3,(H,21,24)/t14-/m0/s1. The Morgan fingerprint density at radius 2 is 1.80 bits per heavy atom. The number of benzene rings is 1. The minimum absolute atomic E-state index is 0.0507. The highest BCUT2D eigenvalue weighted by molar-refractivity contribution is 5.87. The summed E-state index contributed by atoms with van der Waals surface area (Å²) in [6.07, 6.45) is -4.75. The van der Waals surface area contributed by atoms with Gasteiger partial charge in [0.25, 0.3) is 0 Å². The zero-order valence-electron chi connectivity index (χ0n) is 14.3. The van der Waals surface area contributed by atoms with Gasteiger partial charge in [-0.25, -0.2) is 0 Å². The Morgan fingerprint density at radius 1 is 1.24 bits per heavy atom. The molecule has 0 bridgehead atoms. The summed E-state index contributed by atoms with van der Waals surface area (Å²) in [5, 5.41) is 2.46. The van der Waals surface area contributed by atoms with Gasteiger partial charge in [0.1, 0.15) is 5.75 Å².